The topological polar surface area (TPSA) is 24.9 Å². The fourth-order valence-corrected chi connectivity index (χ4v) is 2.48. The number of halogens is 2. The summed E-state index contributed by atoms with van der Waals surface area (Å²) in [6.07, 6.45) is -2.44. The number of thiazole rings is 1. The van der Waals surface area contributed by atoms with E-state index in [4.69, 9.17) is 0 Å². The van der Waals surface area contributed by atoms with Crippen LogP contribution >= 0.6 is 11.3 Å². The zero-order valence-electron chi connectivity index (χ0n) is 10.2. The van der Waals surface area contributed by atoms with Gasteiger partial charge in [0.1, 0.15) is 5.01 Å². The van der Waals surface area contributed by atoms with Crippen molar-refractivity contribution in [3.8, 4) is 10.6 Å². The largest absolute Gasteiger partial charge is 0.312 e. The highest BCUT2D eigenvalue weighted by molar-refractivity contribution is 7.13. The third-order valence-electron chi connectivity index (χ3n) is 2.78. The molecule has 1 heterocycles. The van der Waals surface area contributed by atoms with Crippen molar-refractivity contribution in [1.82, 2.24) is 10.3 Å². The van der Waals surface area contributed by atoms with Gasteiger partial charge in [0.2, 0.25) is 0 Å². The van der Waals surface area contributed by atoms with Crippen molar-refractivity contribution in [2.75, 3.05) is 7.05 Å². The highest BCUT2D eigenvalue weighted by atomic mass is 32.1. The smallest absolute Gasteiger partial charge is 0.263 e. The number of hydrogen-bond acceptors (Lipinski definition) is 3. The summed E-state index contributed by atoms with van der Waals surface area (Å²) in [5, 5.41) is 5.82. The highest BCUT2D eigenvalue weighted by Crippen LogP contribution is 2.29. The number of nitrogens with one attached hydrogen (secondary N) is 1. The van der Waals surface area contributed by atoms with E-state index in [0.29, 0.717) is 0 Å². The molecule has 0 spiro atoms. The maximum absolute atomic E-state index is 12.6. The first kappa shape index (κ1) is 13.1. The van der Waals surface area contributed by atoms with Crippen LogP contribution in [0.1, 0.15) is 30.6 Å². The molecule has 0 aliphatic heterocycles. The Hall–Kier alpha value is -1.33. The van der Waals surface area contributed by atoms with Gasteiger partial charge in [-0.15, -0.1) is 11.3 Å². The van der Waals surface area contributed by atoms with Crippen LogP contribution in [0.4, 0.5) is 8.78 Å². The summed E-state index contributed by atoms with van der Waals surface area (Å²) >= 11 is 1.47. The van der Waals surface area contributed by atoms with E-state index in [2.05, 4.69) is 10.3 Å². The van der Waals surface area contributed by atoms with Crippen molar-refractivity contribution in [2.24, 2.45) is 0 Å². The van der Waals surface area contributed by atoms with Gasteiger partial charge in [0.15, 0.2) is 0 Å². The molecule has 0 bridgehead atoms. The van der Waals surface area contributed by atoms with Crippen LogP contribution in [0.25, 0.3) is 10.6 Å². The van der Waals surface area contributed by atoms with Crippen LogP contribution in [-0.4, -0.2) is 12.0 Å². The lowest BCUT2D eigenvalue weighted by Crippen LogP contribution is -2.12. The molecule has 1 unspecified atom stereocenters. The van der Waals surface area contributed by atoms with Crippen LogP contribution in [-0.2, 0) is 0 Å². The van der Waals surface area contributed by atoms with E-state index in [1.165, 1.54) is 23.5 Å². The molecule has 1 aromatic heterocycles. The molecule has 1 atom stereocenters. The summed E-state index contributed by atoms with van der Waals surface area (Å²) in [7, 11) is 1.86. The second kappa shape index (κ2) is 5.54. The molecule has 0 amide bonds. The summed E-state index contributed by atoms with van der Waals surface area (Å²) < 4.78 is 25.2. The molecule has 0 radical (unpaired) electrons. The molecule has 2 nitrogen and oxygen atoms in total. The Kier molecular flexibility index (Phi) is 4.04. The highest BCUT2D eigenvalue weighted by Gasteiger charge is 2.12. The maximum Gasteiger partial charge on any atom is 0.263 e. The number of hydrogen-bond donors (Lipinski definition) is 1. The number of nitrogens with zero attached hydrogens (tertiary/aromatic N) is 1. The van der Waals surface area contributed by atoms with E-state index < -0.39 is 6.43 Å². The van der Waals surface area contributed by atoms with Crippen LogP contribution in [0.3, 0.4) is 0 Å². The van der Waals surface area contributed by atoms with E-state index in [-0.39, 0.29) is 11.6 Å². The molecule has 0 aliphatic rings. The van der Waals surface area contributed by atoms with E-state index in [1.807, 2.05) is 19.4 Å². The second-order valence-electron chi connectivity index (χ2n) is 4.01. The Morgan fingerprint density at radius 2 is 2.11 bits per heavy atom. The molecule has 5 heteroatoms. The summed E-state index contributed by atoms with van der Waals surface area (Å²) in [5.41, 5.74) is 1.71. The number of alkyl halides is 2. The van der Waals surface area contributed by atoms with Gasteiger partial charge in [-0.05, 0) is 20.0 Å². The van der Waals surface area contributed by atoms with Gasteiger partial charge in [-0.1, -0.05) is 18.2 Å². The Balaban J connectivity index is 2.31. The van der Waals surface area contributed by atoms with Gasteiger partial charge in [-0.2, -0.15) is 0 Å². The van der Waals surface area contributed by atoms with Gasteiger partial charge in [0.05, 0.1) is 5.69 Å². The van der Waals surface area contributed by atoms with Crippen molar-refractivity contribution in [3.63, 3.8) is 0 Å². The van der Waals surface area contributed by atoms with Crippen LogP contribution in [0, 0.1) is 0 Å². The SMILES string of the molecule is CNC(C)c1csc(-c2cccc(C(F)F)c2)n1. The average Bonchev–Trinajstić information content (AvgIpc) is 2.87. The van der Waals surface area contributed by atoms with Gasteiger partial charge in [0.25, 0.3) is 6.43 Å². The van der Waals surface area contributed by atoms with Crippen molar-refractivity contribution >= 4 is 11.3 Å². The molecule has 2 rings (SSSR count). The standard InChI is InChI=1S/C13H14F2N2S/c1-8(16-2)11-7-18-13(17-11)10-5-3-4-9(6-10)12(14)15/h3-8,12,16H,1-2H3. The van der Waals surface area contributed by atoms with Gasteiger partial charge in [-0.25, -0.2) is 13.8 Å². The first-order valence-electron chi connectivity index (χ1n) is 5.63. The second-order valence-corrected chi connectivity index (χ2v) is 4.87. The Morgan fingerprint density at radius 1 is 1.33 bits per heavy atom. The minimum absolute atomic E-state index is 0.0333. The summed E-state index contributed by atoms with van der Waals surface area (Å²) in [6, 6.07) is 6.53. The predicted octanol–water partition coefficient (Wildman–Crippen LogP) is 4.03. The van der Waals surface area contributed by atoms with Gasteiger partial charge in [-0.3, -0.25) is 0 Å². The quantitative estimate of drug-likeness (QED) is 0.905. The molecular weight excluding hydrogens is 254 g/mol. The van der Waals surface area contributed by atoms with Crippen molar-refractivity contribution in [3.05, 3.63) is 40.9 Å². The third-order valence-corrected chi connectivity index (χ3v) is 3.69. The minimum atomic E-state index is -2.44. The molecule has 2 aromatic rings. The monoisotopic (exact) mass is 268 g/mol. The Bertz CT molecular complexity index is 525. The molecule has 0 saturated carbocycles. The summed E-state index contributed by atoms with van der Waals surface area (Å²) in [5.74, 6) is 0. The van der Waals surface area contributed by atoms with Gasteiger partial charge < -0.3 is 5.32 Å². The molecule has 1 aromatic carbocycles. The zero-order valence-corrected chi connectivity index (χ0v) is 11.0. The van der Waals surface area contributed by atoms with Crippen molar-refractivity contribution < 1.29 is 8.78 Å². The third kappa shape index (κ3) is 2.73. The van der Waals surface area contributed by atoms with Crippen LogP contribution in [0.5, 0.6) is 0 Å². The lowest BCUT2D eigenvalue weighted by molar-refractivity contribution is 0.151. The molecule has 96 valence electrons. The predicted molar refractivity (Wildman–Crippen MR) is 70.0 cm³/mol. The molecule has 0 fully saturated rings. The zero-order chi connectivity index (χ0) is 13.1. The molecular formula is C13H14F2N2S. The maximum atomic E-state index is 12.6. The first-order chi connectivity index (χ1) is 8.61. The minimum Gasteiger partial charge on any atom is -0.312 e. The lowest BCUT2D eigenvalue weighted by Gasteiger charge is -2.05. The fraction of sp³-hybridized carbons (Fsp3) is 0.308. The average molecular weight is 268 g/mol. The van der Waals surface area contributed by atoms with Crippen LogP contribution in [0.15, 0.2) is 29.6 Å². The van der Waals surface area contributed by atoms with Crippen LogP contribution < -0.4 is 5.32 Å². The lowest BCUT2D eigenvalue weighted by atomic mass is 10.1. The number of aromatic nitrogens is 1. The normalized spacial score (nSPS) is 12.9. The Morgan fingerprint density at radius 3 is 2.78 bits per heavy atom. The fourth-order valence-electron chi connectivity index (χ4n) is 1.57. The molecule has 1 N–H and O–H groups in total. The summed E-state index contributed by atoms with van der Waals surface area (Å²) in [4.78, 5) is 4.46. The van der Waals surface area contributed by atoms with E-state index in [1.54, 1.807) is 12.1 Å². The molecule has 0 aliphatic carbocycles. The van der Waals surface area contributed by atoms with E-state index in [0.717, 1.165) is 16.3 Å². The van der Waals surface area contributed by atoms with Crippen molar-refractivity contribution in [1.29, 1.82) is 0 Å². The van der Waals surface area contributed by atoms with Gasteiger partial charge in [0, 0.05) is 22.5 Å². The van der Waals surface area contributed by atoms with E-state index in [9.17, 15) is 8.78 Å². The number of benzene rings is 1. The molecule has 0 saturated heterocycles. The van der Waals surface area contributed by atoms with E-state index >= 15 is 0 Å². The number of rotatable bonds is 4. The Labute approximate surface area is 109 Å². The summed E-state index contributed by atoms with van der Waals surface area (Å²) in [6.45, 7) is 2.01. The van der Waals surface area contributed by atoms with Gasteiger partial charge >= 0.3 is 0 Å². The first-order valence-corrected chi connectivity index (χ1v) is 6.51. The van der Waals surface area contributed by atoms with Crippen molar-refractivity contribution in [2.45, 2.75) is 19.4 Å². The molecule has 18 heavy (non-hydrogen) atoms. The van der Waals surface area contributed by atoms with Crippen LogP contribution in [0.2, 0.25) is 0 Å².